The molecule has 1 heterocycles. The zero-order valence-corrected chi connectivity index (χ0v) is 29.7. The summed E-state index contributed by atoms with van der Waals surface area (Å²) in [5, 5.41) is 17.0. The summed E-state index contributed by atoms with van der Waals surface area (Å²) in [6.45, 7) is 13.3. The van der Waals surface area contributed by atoms with Gasteiger partial charge in [-0.3, -0.25) is 15.1 Å². The largest absolute Gasteiger partial charge is 0.448 e. The van der Waals surface area contributed by atoms with Gasteiger partial charge in [-0.25, -0.2) is 14.6 Å². The monoisotopic (exact) mass is 676 g/mol. The van der Waals surface area contributed by atoms with Crippen molar-refractivity contribution in [2.45, 2.75) is 60.3 Å². The van der Waals surface area contributed by atoms with E-state index >= 15 is 0 Å². The smallest absolute Gasteiger partial charge is 0.407 e. The van der Waals surface area contributed by atoms with Gasteiger partial charge in [0.1, 0.15) is 6.61 Å². The van der Waals surface area contributed by atoms with Crippen molar-refractivity contribution in [3.8, 4) is 0 Å². The van der Waals surface area contributed by atoms with Crippen LogP contribution in [0.1, 0.15) is 58.2 Å². The van der Waals surface area contributed by atoms with Crippen LogP contribution in [0, 0.1) is 18.3 Å². The Hall–Kier alpha value is -4.78. The lowest BCUT2D eigenvalue weighted by atomic mass is 9.80. The van der Waals surface area contributed by atoms with Crippen molar-refractivity contribution in [1.82, 2.24) is 20.6 Å². The molecule has 4 N–H and O–H groups in total. The molecule has 0 spiro atoms. The number of carbonyl (C=O) groups is 2. The van der Waals surface area contributed by atoms with Gasteiger partial charge in [-0.15, -0.1) is 0 Å². The number of aryl methyl sites for hydroxylation is 2. The number of likely N-dealkylation sites (N-methyl/N-ethyl adjacent to an activating group) is 1. The third-order valence-corrected chi connectivity index (χ3v) is 7.91. The Morgan fingerprint density at radius 1 is 1.02 bits per heavy atom. The van der Waals surface area contributed by atoms with Gasteiger partial charge in [0.05, 0.1) is 17.9 Å². The predicted molar refractivity (Wildman–Crippen MR) is 193 cm³/mol. The molecule has 0 saturated heterocycles. The minimum Gasteiger partial charge on any atom is -0.448 e. The average Bonchev–Trinajstić information content (AvgIpc) is 3.05. The minimum atomic E-state index is -0.445. The fourth-order valence-electron chi connectivity index (χ4n) is 5.44. The van der Waals surface area contributed by atoms with E-state index in [4.69, 9.17) is 9.47 Å². The highest BCUT2D eigenvalue weighted by Gasteiger charge is 2.22. The summed E-state index contributed by atoms with van der Waals surface area (Å²) in [4.78, 5) is 44.9. The number of H-pyrrole nitrogens is 1. The predicted octanol–water partition coefficient (Wildman–Crippen LogP) is 6.89. The molecule has 0 saturated carbocycles. The van der Waals surface area contributed by atoms with Crippen molar-refractivity contribution < 1.29 is 19.1 Å². The number of hydrogen-bond donors (Lipinski definition) is 4. The molecule has 3 rings (SSSR count). The summed E-state index contributed by atoms with van der Waals surface area (Å²) >= 11 is 0. The number of azo groups is 1. The molecule has 3 amide bonds. The van der Waals surface area contributed by atoms with Gasteiger partial charge in [0.2, 0.25) is 5.95 Å². The molecular weight excluding hydrogens is 624 g/mol. The number of aromatic nitrogens is 2. The first-order valence-electron chi connectivity index (χ1n) is 16.8. The van der Waals surface area contributed by atoms with Gasteiger partial charge in [-0.2, -0.15) is 10.2 Å². The summed E-state index contributed by atoms with van der Waals surface area (Å²) in [7, 11) is 1.71. The maximum Gasteiger partial charge on any atom is 0.407 e. The van der Waals surface area contributed by atoms with Crippen molar-refractivity contribution in [3.63, 3.8) is 0 Å². The van der Waals surface area contributed by atoms with E-state index in [0.717, 1.165) is 55.9 Å². The van der Waals surface area contributed by atoms with Crippen molar-refractivity contribution in [3.05, 3.63) is 76.2 Å². The number of anilines is 2. The second-order valence-electron chi connectivity index (χ2n) is 12.9. The molecule has 0 radical (unpaired) electrons. The van der Waals surface area contributed by atoms with E-state index in [1.54, 1.807) is 14.0 Å². The molecule has 13 heteroatoms. The fraction of sp³-hybridized carbons (Fsp3) is 0.500. The molecule has 13 nitrogen and oxygen atoms in total. The number of benzene rings is 2. The van der Waals surface area contributed by atoms with E-state index in [2.05, 4.69) is 80.9 Å². The number of amides is 3. The molecule has 3 aromatic rings. The Morgan fingerprint density at radius 2 is 1.69 bits per heavy atom. The zero-order valence-electron chi connectivity index (χ0n) is 29.7. The lowest BCUT2D eigenvalue weighted by molar-refractivity contribution is 0.146. The second-order valence-corrected chi connectivity index (χ2v) is 12.9. The Bertz CT molecular complexity index is 1540. The number of hydrogen-bond acceptors (Lipinski definition) is 9. The van der Waals surface area contributed by atoms with Crippen molar-refractivity contribution in [2.75, 3.05) is 56.7 Å². The maximum atomic E-state index is 12.4. The molecule has 49 heavy (non-hydrogen) atoms. The van der Waals surface area contributed by atoms with E-state index in [1.807, 2.05) is 36.4 Å². The van der Waals surface area contributed by atoms with Gasteiger partial charge in [-0.1, -0.05) is 32.9 Å². The summed E-state index contributed by atoms with van der Waals surface area (Å²) in [5.74, 6) is 0.291. The lowest BCUT2D eigenvalue weighted by Gasteiger charge is -2.28. The van der Waals surface area contributed by atoms with Gasteiger partial charge in [0.25, 0.3) is 5.56 Å². The minimum absolute atomic E-state index is 0.0758. The highest BCUT2D eigenvalue weighted by Crippen LogP contribution is 2.28. The molecule has 0 aliphatic rings. The standard InChI is InChI=1S/C36H52N8O5/c1-7-44(31-16-14-30(15-17-31)43-42-29-12-10-28(11-13-29)9-8-21-48-6)20-22-49-35(47)37-19-18-36(4,5)24-26(2)25-38-34(46)41-33-39-27(3)23-32(45)40-33/h10-17,23,26H,7-9,18-22,24-25H2,1-6H3,(H,37,47)(H3,38,39,40,41,45,46). The molecule has 0 aliphatic carbocycles. The Balaban J connectivity index is 1.32. The van der Waals surface area contributed by atoms with E-state index in [1.165, 1.54) is 11.6 Å². The van der Waals surface area contributed by atoms with Crippen LogP contribution in [0.2, 0.25) is 0 Å². The molecule has 1 unspecified atom stereocenters. The molecule has 0 fully saturated rings. The second kappa shape index (κ2) is 19.9. The average molecular weight is 677 g/mol. The van der Waals surface area contributed by atoms with Crippen LogP contribution in [0.3, 0.4) is 0 Å². The highest BCUT2D eigenvalue weighted by molar-refractivity contribution is 5.87. The van der Waals surface area contributed by atoms with Gasteiger partial charge >= 0.3 is 12.1 Å². The number of methoxy groups -OCH3 is 1. The van der Waals surface area contributed by atoms with Crippen LogP contribution in [0.5, 0.6) is 0 Å². The first-order valence-corrected chi connectivity index (χ1v) is 16.8. The summed E-state index contributed by atoms with van der Waals surface area (Å²) in [6, 6.07) is 16.8. The number of nitrogens with one attached hydrogen (secondary N) is 4. The van der Waals surface area contributed by atoms with Gasteiger partial charge < -0.3 is 25.0 Å². The van der Waals surface area contributed by atoms with Crippen LogP contribution in [0.25, 0.3) is 0 Å². The topological polar surface area (TPSA) is 162 Å². The number of nitrogens with zero attached hydrogens (tertiary/aromatic N) is 4. The lowest BCUT2D eigenvalue weighted by Crippen LogP contribution is -2.35. The van der Waals surface area contributed by atoms with E-state index < -0.39 is 12.1 Å². The number of rotatable bonds is 19. The number of urea groups is 1. The number of carbonyl (C=O) groups excluding carboxylic acids is 2. The van der Waals surface area contributed by atoms with Crippen LogP contribution >= 0.6 is 0 Å². The molecule has 0 aliphatic heterocycles. The molecule has 2 aromatic carbocycles. The van der Waals surface area contributed by atoms with Crippen LogP contribution in [0.4, 0.5) is 32.6 Å². The van der Waals surface area contributed by atoms with Crippen molar-refractivity contribution in [1.29, 1.82) is 0 Å². The highest BCUT2D eigenvalue weighted by atomic mass is 16.5. The normalized spacial score (nSPS) is 12.0. The molecule has 0 bridgehead atoms. The zero-order chi connectivity index (χ0) is 35.6. The first kappa shape index (κ1) is 38.7. The third kappa shape index (κ3) is 14.9. The van der Waals surface area contributed by atoms with E-state index in [9.17, 15) is 14.4 Å². The van der Waals surface area contributed by atoms with Crippen LogP contribution in [-0.2, 0) is 15.9 Å². The van der Waals surface area contributed by atoms with E-state index in [0.29, 0.717) is 25.3 Å². The van der Waals surface area contributed by atoms with Gasteiger partial charge in [0, 0.05) is 50.8 Å². The molecule has 1 atom stereocenters. The SMILES string of the molecule is CCN(CCOC(=O)NCCC(C)(C)CC(C)CNC(=O)Nc1nc(C)cc(=O)[nH]1)c1ccc(N=Nc2ccc(CCCOC)cc2)cc1. The summed E-state index contributed by atoms with van der Waals surface area (Å²) in [6.07, 6.45) is 3.09. The van der Waals surface area contributed by atoms with Gasteiger partial charge in [-0.05, 0) is 92.8 Å². The third-order valence-electron chi connectivity index (χ3n) is 7.91. The Kier molecular flexibility index (Phi) is 15.7. The number of ether oxygens (including phenoxy) is 2. The summed E-state index contributed by atoms with van der Waals surface area (Å²) in [5.41, 5.74) is 3.93. The first-order chi connectivity index (χ1) is 23.5. The van der Waals surface area contributed by atoms with Crippen molar-refractivity contribution >= 4 is 35.1 Å². The molecule has 1 aromatic heterocycles. The maximum absolute atomic E-state index is 12.4. The number of alkyl carbamates (subject to hydrolysis) is 1. The summed E-state index contributed by atoms with van der Waals surface area (Å²) < 4.78 is 10.6. The van der Waals surface area contributed by atoms with Gasteiger partial charge in [0.15, 0.2) is 0 Å². The quantitative estimate of drug-likeness (QED) is 0.0794. The van der Waals surface area contributed by atoms with E-state index in [-0.39, 0.29) is 29.4 Å². The van der Waals surface area contributed by atoms with Crippen LogP contribution < -0.4 is 26.4 Å². The fourth-order valence-corrected chi connectivity index (χ4v) is 5.44. The Labute approximate surface area is 289 Å². The molecular formula is C36H52N8O5. The van der Waals surface area contributed by atoms with Crippen LogP contribution in [0.15, 0.2) is 69.6 Å². The molecule has 266 valence electrons. The number of aromatic amines is 1. The Morgan fingerprint density at radius 3 is 2.33 bits per heavy atom. The van der Waals surface area contributed by atoms with Crippen LogP contribution in [-0.4, -0.2) is 68.6 Å². The van der Waals surface area contributed by atoms with Crippen molar-refractivity contribution in [2.24, 2.45) is 21.6 Å².